The van der Waals surface area contributed by atoms with E-state index in [1.165, 1.54) is 18.9 Å². The number of para-hydroxylation sites is 1. The molecule has 0 unspecified atom stereocenters. The van der Waals surface area contributed by atoms with Crippen LogP contribution >= 0.6 is 11.8 Å². The fourth-order valence-corrected chi connectivity index (χ4v) is 3.41. The minimum Gasteiger partial charge on any atom is -0.486 e. The van der Waals surface area contributed by atoms with Crippen molar-refractivity contribution in [2.45, 2.75) is 18.3 Å². The molecule has 0 aliphatic heterocycles. The zero-order chi connectivity index (χ0) is 22.1. The van der Waals surface area contributed by atoms with E-state index in [1.54, 1.807) is 30.3 Å². The number of anilines is 1. The highest BCUT2D eigenvalue weighted by Gasteiger charge is 2.14. The average Bonchev–Trinajstić information content (AvgIpc) is 3.18. The second kappa shape index (κ2) is 11.0. The largest absolute Gasteiger partial charge is 0.486 e. The molecule has 31 heavy (non-hydrogen) atoms. The topological polar surface area (TPSA) is 95.3 Å². The van der Waals surface area contributed by atoms with Gasteiger partial charge >= 0.3 is 5.97 Å². The lowest BCUT2D eigenvalue weighted by atomic mass is 10.2. The summed E-state index contributed by atoms with van der Waals surface area (Å²) >= 11 is 1.27. The van der Waals surface area contributed by atoms with Gasteiger partial charge < -0.3 is 14.8 Å². The highest BCUT2D eigenvalue weighted by molar-refractivity contribution is 7.99. The number of hydrogen-bond donors (Lipinski definition) is 1. The Hall–Kier alpha value is -3.59. The number of amides is 1. The Kier molecular flexibility index (Phi) is 7.83. The van der Waals surface area contributed by atoms with Crippen molar-refractivity contribution in [3.8, 4) is 5.75 Å². The van der Waals surface area contributed by atoms with Crippen LogP contribution < -0.4 is 10.1 Å². The fourth-order valence-electron chi connectivity index (χ4n) is 2.64. The number of carbonyl (C=O) groups is 2. The van der Waals surface area contributed by atoms with Crippen molar-refractivity contribution >= 4 is 29.3 Å². The van der Waals surface area contributed by atoms with Gasteiger partial charge in [0.15, 0.2) is 11.0 Å². The molecule has 0 radical (unpaired) electrons. The van der Waals surface area contributed by atoms with Gasteiger partial charge in [-0.1, -0.05) is 36.0 Å². The van der Waals surface area contributed by atoms with Crippen molar-refractivity contribution in [2.75, 3.05) is 18.2 Å². The fraction of sp³-hybridized carbons (Fsp3) is 0.182. The van der Waals surface area contributed by atoms with E-state index in [0.29, 0.717) is 28.8 Å². The molecule has 1 amide bonds. The van der Waals surface area contributed by atoms with Gasteiger partial charge in [0.1, 0.15) is 12.4 Å². The Labute approximate surface area is 184 Å². The van der Waals surface area contributed by atoms with Crippen LogP contribution in [0.25, 0.3) is 0 Å². The second-order valence-electron chi connectivity index (χ2n) is 6.31. The van der Waals surface area contributed by atoms with Crippen LogP contribution in [0.1, 0.15) is 16.2 Å². The third kappa shape index (κ3) is 6.19. The second-order valence-corrected chi connectivity index (χ2v) is 7.25. The zero-order valence-corrected chi connectivity index (χ0v) is 17.8. The third-order valence-electron chi connectivity index (χ3n) is 4.14. The van der Waals surface area contributed by atoms with Gasteiger partial charge in [0, 0.05) is 12.2 Å². The molecule has 1 aromatic heterocycles. The zero-order valence-electron chi connectivity index (χ0n) is 17.0. The summed E-state index contributed by atoms with van der Waals surface area (Å²) < 4.78 is 12.3. The van der Waals surface area contributed by atoms with E-state index in [0.717, 1.165) is 5.75 Å². The number of carbonyl (C=O) groups excluding carboxylic acids is 2. The van der Waals surface area contributed by atoms with Crippen LogP contribution in [0.15, 0.2) is 72.4 Å². The number of thioether (sulfide) groups is 1. The molecule has 8 nitrogen and oxygen atoms in total. The smallest absolute Gasteiger partial charge is 0.337 e. The molecule has 3 rings (SSSR count). The number of aromatic nitrogens is 3. The van der Waals surface area contributed by atoms with Crippen LogP contribution in [0, 0.1) is 0 Å². The van der Waals surface area contributed by atoms with Gasteiger partial charge in [-0.05, 0) is 36.4 Å². The summed E-state index contributed by atoms with van der Waals surface area (Å²) in [6, 6.07) is 15.9. The van der Waals surface area contributed by atoms with Crippen LogP contribution in [0.3, 0.4) is 0 Å². The van der Waals surface area contributed by atoms with E-state index in [4.69, 9.17) is 4.74 Å². The first-order valence-electron chi connectivity index (χ1n) is 9.42. The molecule has 0 saturated carbocycles. The Morgan fingerprint density at radius 1 is 1.13 bits per heavy atom. The molecule has 3 aromatic rings. The highest BCUT2D eigenvalue weighted by Crippen LogP contribution is 2.19. The molecule has 0 aliphatic rings. The summed E-state index contributed by atoms with van der Waals surface area (Å²) in [7, 11) is 1.32. The maximum Gasteiger partial charge on any atom is 0.337 e. The van der Waals surface area contributed by atoms with Crippen molar-refractivity contribution in [2.24, 2.45) is 0 Å². The molecular formula is C22H22N4O4S. The van der Waals surface area contributed by atoms with Gasteiger partial charge in [0.05, 0.1) is 18.4 Å². The molecule has 160 valence electrons. The Bertz CT molecular complexity index is 1040. The van der Waals surface area contributed by atoms with E-state index in [9.17, 15) is 9.59 Å². The number of esters is 1. The van der Waals surface area contributed by atoms with Gasteiger partial charge in [0.25, 0.3) is 0 Å². The number of allylic oxidation sites excluding steroid dienone is 1. The number of nitrogens with zero attached hydrogens (tertiary/aromatic N) is 3. The maximum absolute atomic E-state index is 12.3. The number of ether oxygens (including phenoxy) is 2. The standard InChI is InChI=1S/C22H22N4O4S/c1-3-13-26-19(14-30-18-7-5-4-6-8-18)24-25-22(26)31-15-20(27)23-17-11-9-16(10-12-17)21(28)29-2/h3-12H,1,13-15H2,2H3,(H,23,27). The third-order valence-corrected chi connectivity index (χ3v) is 5.11. The van der Waals surface area contributed by atoms with Crippen LogP contribution in [-0.4, -0.2) is 39.5 Å². The molecule has 9 heteroatoms. The summed E-state index contributed by atoms with van der Waals surface area (Å²) in [5.74, 6) is 0.897. The molecule has 1 N–H and O–H groups in total. The number of nitrogens with one attached hydrogen (secondary N) is 1. The van der Waals surface area contributed by atoms with Crippen molar-refractivity contribution in [1.82, 2.24) is 14.8 Å². The van der Waals surface area contributed by atoms with Gasteiger partial charge in [-0.25, -0.2) is 4.79 Å². The van der Waals surface area contributed by atoms with Crippen LogP contribution in [-0.2, 0) is 22.7 Å². The molecule has 2 aromatic carbocycles. The summed E-state index contributed by atoms with van der Waals surface area (Å²) in [6.07, 6.45) is 1.74. The van der Waals surface area contributed by atoms with Crippen molar-refractivity contribution in [3.05, 3.63) is 78.6 Å². The quantitative estimate of drug-likeness (QED) is 0.294. The summed E-state index contributed by atoms with van der Waals surface area (Å²) in [5, 5.41) is 11.8. The molecule has 0 saturated heterocycles. The summed E-state index contributed by atoms with van der Waals surface area (Å²) in [4.78, 5) is 23.8. The molecule has 0 bridgehead atoms. The van der Waals surface area contributed by atoms with Gasteiger partial charge in [-0.3, -0.25) is 9.36 Å². The molecule has 0 atom stereocenters. The Morgan fingerprint density at radius 3 is 2.55 bits per heavy atom. The predicted molar refractivity (Wildman–Crippen MR) is 118 cm³/mol. The first-order chi connectivity index (χ1) is 15.1. The molecule has 0 fully saturated rings. The minimum atomic E-state index is -0.429. The highest BCUT2D eigenvalue weighted by atomic mass is 32.2. The van der Waals surface area contributed by atoms with Crippen molar-refractivity contribution < 1.29 is 19.1 Å². The predicted octanol–water partition coefficient (Wildman–Crippen LogP) is 3.56. The molecule has 0 spiro atoms. The van der Waals surface area contributed by atoms with E-state index in [2.05, 4.69) is 26.8 Å². The lowest BCUT2D eigenvalue weighted by molar-refractivity contribution is -0.113. The van der Waals surface area contributed by atoms with Gasteiger partial charge in [-0.2, -0.15) is 0 Å². The monoisotopic (exact) mass is 438 g/mol. The molecule has 1 heterocycles. The number of hydrogen-bond acceptors (Lipinski definition) is 7. The first kappa shape index (κ1) is 22.1. The van der Waals surface area contributed by atoms with Crippen LogP contribution in [0.5, 0.6) is 5.75 Å². The van der Waals surface area contributed by atoms with Gasteiger partial charge in [0.2, 0.25) is 5.91 Å². The first-order valence-corrected chi connectivity index (χ1v) is 10.4. The normalized spacial score (nSPS) is 10.4. The number of benzene rings is 2. The molecule has 0 aliphatic carbocycles. The van der Waals surface area contributed by atoms with E-state index in [1.807, 2.05) is 34.9 Å². The SMILES string of the molecule is C=CCn1c(COc2ccccc2)nnc1SCC(=O)Nc1ccc(C(=O)OC)cc1. The van der Waals surface area contributed by atoms with E-state index in [-0.39, 0.29) is 18.3 Å². The number of rotatable bonds is 10. The summed E-state index contributed by atoms with van der Waals surface area (Å²) in [6.45, 7) is 4.53. The maximum atomic E-state index is 12.3. The van der Waals surface area contributed by atoms with Gasteiger partial charge in [-0.15, -0.1) is 16.8 Å². The average molecular weight is 439 g/mol. The lowest BCUT2D eigenvalue weighted by Crippen LogP contribution is -2.15. The van der Waals surface area contributed by atoms with Crippen LogP contribution in [0.2, 0.25) is 0 Å². The van der Waals surface area contributed by atoms with Crippen molar-refractivity contribution in [3.63, 3.8) is 0 Å². The number of methoxy groups -OCH3 is 1. The van der Waals surface area contributed by atoms with Crippen molar-refractivity contribution in [1.29, 1.82) is 0 Å². The lowest BCUT2D eigenvalue weighted by Gasteiger charge is -2.09. The minimum absolute atomic E-state index is 0.146. The Balaban J connectivity index is 1.57. The summed E-state index contributed by atoms with van der Waals surface area (Å²) in [5.41, 5.74) is 1.00. The van der Waals surface area contributed by atoms with Crippen LogP contribution in [0.4, 0.5) is 5.69 Å². The van der Waals surface area contributed by atoms with E-state index >= 15 is 0 Å². The molecular weight excluding hydrogens is 416 g/mol. The van der Waals surface area contributed by atoms with E-state index < -0.39 is 5.97 Å². The Morgan fingerprint density at radius 2 is 1.87 bits per heavy atom.